The van der Waals surface area contributed by atoms with Gasteiger partial charge in [-0.2, -0.15) is 0 Å². The van der Waals surface area contributed by atoms with Crippen LogP contribution in [-0.2, 0) is 17.8 Å². The van der Waals surface area contributed by atoms with Gasteiger partial charge in [-0.25, -0.2) is 18.2 Å². The van der Waals surface area contributed by atoms with Crippen LogP contribution < -0.4 is 10.9 Å². The first-order valence-corrected chi connectivity index (χ1v) is 8.49. The van der Waals surface area contributed by atoms with Gasteiger partial charge in [-0.1, -0.05) is 19.1 Å². The summed E-state index contributed by atoms with van der Waals surface area (Å²) in [6, 6.07) is 9.49. The van der Waals surface area contributed by atoms with Crippen molar-refractivity contribution >= 4 is 11.6 Å². The number of hydrogen-bond acceptors (Lipinski definition) is 3. The normalized spacial score (nSPS) is 10.7. The van der Waals surface area contributed by atoms with Crippen molar-refractivity contribution in [3.63, 3.8) is 0 Å². The van der Waals surface area contributed by atoms with Gasteiger partial charge in [-0.05, 0) is 30.7 Å². The van der Waals surface area contributed by atoms with Crippen LogP contribution in [-0.4, -0.2) is 15.5 Å². The van der Waals surface area contributed by atoms with E-state index in [9.17, 15) is 22.8 Å². The van der Waals surface area contributed by atoms with E-state index in [0.29, 0.717) is 23.7 Å². The zero-order valence-corrected chi connectivity index (χ0v) is 14.9. The monoisotopic (exact) mass is 387 g/mol. The molecule has 0 aliphatic carbocycles. The summed E-state index contributed by atoms with van der Waals surface area (Å²) in [5.74, 6) is -2.82. The molecule has 0 bridgehead atoms. The number of aryl methyl sites for hydroxylation is 1. The first-order chi connectivity index (χ1) is 13.4. The second-order valence-corrected chi connectivity index (χ2v) is 6.03. The molecule has 0 saturated carbocycles. The molecular formula is C20H16F3N3O2. The number of halogens is 3. The first-order valence-electron chi connectivity index (χ1n) is 8.49. The molecule has 0 aliphatic rings. The van der Waals surface area contributed by atoms with E-state index in [0.717, 1.165) is 16.7 Å². The number of carbonyl (C=O) groups is 1. The number of nitrogens with zero attached hydrogens (tertiary/aromatic N) is 2. The largest absolute Gasteiger partial charge is 0.322 e. The Morgan fingerprint density at radius 3 is 2.50 bits per heavy atom. The maximum absolute atomic E-state index is 13.7. The van der Waals surface area contributed by atoms with E-state index in [2.05, 4.69) is 10.3 Å². The number of rotatable bonds is 5. The Balaban J connectivity index is 1.96. The van der Waals surface area contributed by atoms with E-state index in [1.54, 1.807) is 6.07 Å². The van der Waals surface area contributed by atoms with Crippen molar-refractivity contribution in [1.29, 1.82) is 0 Å². The minimum atomic E-state index is -0.939. The molecule has 5 nitrogen and oxygen atoms in total. The molecule has 1 amide bonds. The molecule has 1 heterocycles. The van der Waals surface area contributed by atoms with E-state index < -0.39 is 35.5 Å². The molecule has 0 aliphatic heterocycles. The van der Waals surface area contributed by atoms with Crippen LogP contribution in [0.2, 0.25) is 0 Å². The smallest absolute Gasteiger partial charge is 0.254 e. The predicted molar refractivity (Wildman–Crippen MR) is 98.3 cm³/mol. The van der Waals surface area contributed by atoms with E-state index >= 15 is 0 Å². The van der Waals surface area contributed by atoms with Crippen LogP contribution in [0.1, 0.15) is 12.6 Å². The first kappa shape index (κ1) is 19.3. The summed E-state index contributed by atoms with van der Waals surface area (Å²) in [5, 5.41) is 2.29. The van der Waals surface area contributed by atoms with E-state index in [-0.39, 0.29) is 11.5 Å². The molecule has 28 heavy (non-hydrogen) atoms. The van der Waals surface area contributed by atoms with Crippen molar-refractivity contribution in [1.82, 2.24) is 9.55 Å². The summed E-state index contributed by atoms with van der Waals surface area (Å²) in [7, 11) is 0. The Hall–Kier alpha value is -3.42. The van der Waals surface area contributed by atoms with Crippen LogP contribution in [0.4, 0.5) is 18.9 Å². The maximum Gasteiger partial charge on any atom is 0.254 e. The van der Waals surface area contributed by atoms with Gasteiger partial charge in [0.2, 0.25) is 5.91 Å². The van der Waals surface area contributed by atoms with Gasteiger partial charge in [0.1, 0.15) is 29.8 Å². The third kappa shape index (κ3) is 4.28. The average Bonchev–Trinajstić information content (AvgIpc) is 2.65. The van der Waals surface area contributed by atoms with Crippen LogP contribution in [0, 0.1) is 17.5 Å². The molecule has 144 valence electrons. The summed E-state index contributed by atoms with van der Waals surface area (Å²) in [4.78, 5) is 29.2. The standard InChI is InChI=1S/C20H16F3N3O2/c1-2-15-10-19(28)26(20(24-15)12-4-3-5-13(21)8-12)11-18(27)25-17-7-6-14(22)9-16(17)23/h3-10H,2,11H2,1H3,(H,25,27). The molecule has 0 fully saturated rings. The van der Waals surface area contributed by atoms with E-state index in [1.165, 1.54) is 24.3 Å². The summed E-state index contributed by atoms with van der Waals surface area (Å²) < 4.78 is 41.4. The van der Waals surface area contributed by atoms with Crippen molar-refractivity contribution in [2.45, 2.75) is 19.9 Å². The van der Waals surface area contributed by atoms with Crippen molar-refractivity contribution in [2.75, 3.05) is 5.32 Å². The number of benzene rings is 2. The third-order valence-electron chi connectivity index (χ3n) is 4.01. The van der Waals surface area contributed by atoms with Gasteiger partial charge in [0.15, 0.2) is 0 Å². The minimum absolute atomic E-state index is 0.124. The zero-order valence-electron chi connectivity index (χ0n) is 14.9. The molecule has 2 aromatic carbocycles. The second-order valence-electron chi connectivity index (χ2n) is 6.03. The maximum atomic E-state index is 13.7. The van der Waals surface area contributed by atoms with Crippen molar-refractivity contribution in [3.05, 3.63) is 82.0 Å². The molecule has 0 unspecified atom stereocenters. The van der Waals surface area contributed by atoms with E-state index in [1.807, 2.05) is 6.92 Å². The van der Waals surface area contributed by atoms with Crippen molar-refractivity contribution in [2.24, 2.45) is 0 Å². The van der Waals surface area contributed by atoms with Crippen LogP contribution in [0.5, 0.6) is 0 Å². The van der Waals surface area contributed by atoms with Gasteiger partial charge in [-0.15, -0.1) is 0 Å². The number of anilines is 1. The number of aromatic nitrogens is 2. The SMILES string of the molecule is CCc1cc(=O)n(CC(=O)Nc2ccc(F)cc2F)c(-c2cccc(F)c2)n1. The van der Waals surface area contributed by atoms with Gasteiger partial charge in [-0.3, -0.25) is 14.2 Å². The lowest BCUT2D eigenvalue weighted by Gasteiger charge is -2.14. The average molecular weight is 387 g/mol. The van der Waals surface area contributed by atoms with Gasteiger partial charge in [0.25, 0.3) is 5.56 Å². The Morgan fingerprint density at radius 1 is 1.07 bits per heavy atom. The van der Waals surface area contributed by atoms with Gasteiger partial charge in [0.05, 0.1) is 5.69 Å². The molecule has 8 heteroatoms. The van der Waals surface area contributed by atoms with Crippen LogP contribution >= 0.6 is 0 Å². The molecule has 0 spiro atoms. The highest BCUT2D eigenvalue weighted by atomic mass is 19.1. The molecule has 1 aromatic heterocycles. The lowest BCUT2D eigenvalue weighted by atomic mass is 10.2. The Bertz CT molecular complexity index is 1100. The van der Waals surface area contributed by atoms with E-state index in [4.69, 9.17) is 0 Å². The topological polar surface area (TPSA) is 64.0 Å². The molecule has 1 N–H and O–H groups in total. The Labute approximate surface area is 158 Å². The molecule has 0 atom stereocenters. The highest BCUT2D eigenvalue weighted by Crippen LogP contribution is 2.19. The van der Waals surface area contributed by atoms with Gasteiger partial charge >= 0.3 is 0 Å². The van der Waals surface area contributed by atoms with Crippen LogP contribution in [0.3, 0.4) is 0 Å². The summed E-state index contributed by atoms with van der Waals surface area (Å²) in [6.45, 7) is 1.34. The van der Waals surface area contributed by atoms with Gasteiger partial charge in [0, 0.05) is 23.4 Å². The molecule has 3 aromatic rings. The number of nitrogens with one attached hydrogen (secondary N) is 1. The molecular weight excluding hydrogens is 371 g/mol. The van der Waals surface area contributed by atoms with Crippen molar-refractivity contribution < 1.29 is 18.0 Å². The lowest BCUT2D eigenvalue weighted by Crippen LogP contribution is -2.30. The quantitative estimate of drug-likeness (QED) is 0.729. The Morgan fingerprint density at radius 2 is 1.82 bits per heavy atom. The third-order valence-corrected chi connectivity index (χ3v) is 4.01. The summed E-state index contributed by atoms with van der Waals surface area (Å²) in [6.07, 6.45) is 0.478. The fourth-order valence-electron chi connectivity index (χ4n) is 2.66. The van der Waals surface area contributed by atoms with Crippen LogP contribution in [0.15, 0.2) is 53.3 Å². The number of carbonyl (C=O) groups excluding carboxylic acids is 1. The fourth-order valence-corrected chi connectivity index (χ4v) is 2.66. The fraction of sp³-hybridized carbons (Fsp3) is 0.150. The highest BCUT2D eigenvalue weighted by molar-refractivity contribution is 5.90. The zero-order chi connectivity index (χ0) is 20.3. The molecule has 0 radical (unpaired) electrons. The van der Waals surface area contributed by atoms with Crippen LogP contribution in [0.25, 0.3) is 11.4 Å². The summed E-state index contributed by atoms with van der Waals surface area (Å²) in [5.41, 5.74) is 0.101. The Kier molecular flexibility index (Phi) is 5.58. The minimum Gasteiger partial charge on any atom is -0.322 e. The summed E-state index contributed by atoms with van der Waals surface area (Å²) >= 11 is 0. The number of hydrogen-bond donors (Lipinski definition) is 1. The van der Waals surface area contributed by atoms with Crippen molar-refractivity contribution in [3.8, 4) is 11.4 Å². The predicted octanol–water partition coefficient (Wildman–Crippen LogP) is 3.53. The lowest BCUT2D eigenvalue weighted by molar-refractivity contribution is -0.116. The van der Waals surface area contributed by atoms with Gasteiger partial charge < -0.3 is 5.32 Å². The number of amides is 1. The second kappa shape index (κ2) is 8.08. The molecule has 0 saturated heterocycles. The molecule has 3 rings (SSSR count). The highest BCUT2D eigenvalue weighted by Gasteiger charge is 2.15.